The largest absolute Gasteiger partial charge is 0.353 e. The summed E-state index contributed by atoms with van der Waals surface area (Å²) in [6, 6.07) is 1.04. The summed E-state index contributed by atoms with van der Waals surface area (Å²) in [5.41, 5.74) is 0. The maximum absolute atomic E-state index is 12.0. The zero-order chi connectivity index (χ0) is 12.2. The first-order chi connectivity index (χ1) is 6.63. The topological polar surface area (TPSA) is 54.4 Å². The van der Waals surface area contributed by atoms with E-state index in [4.69, 9.17) is 13.0 Å². The van der Waals surface area contributed by atoms with Gasteiger partial charge >= 0.3 is 9.33 Å². The van der Waals surface area contributed by atoms with Gasteiger partial charge in [-0.25, -0.2) is 17.6 Å². The molecule has 0 radical (unpaired) electrons. The van der Waals surface area contributed by atoms with Crippen LogP contribution in [0.3, 0.4) is 0 Å². The van der Waals surface area contributed by atoms with Crippen LogP contribution in [0.5, 0.6) is 0 Å². The van der Waals surface area contributed by atoms with E-state index < -0.39 is 32.6 Å². The first-order valence-electron chi connectivity index (χ1n) is 3.09. The molecule has 3 nitrogen and oxygen atoms in total. The van der Waals surface area contributed by atoms with E-state index in [-0.39, 0.29) is 0 Å². The van der Waals surface area contributed by atoms with E-state index in [1.54, 1.807) is 0 Å². The molecule has 1 aromatic carbocycles. The van der Waals surface area contributed by atoms with Crippen molar-refractivity contribution in [2.75, 3.05) is 0 Å². The number of rotatable bonds is 0. The molecule has 0 aromatic heterocycles. The van der Waals surface area contributed by atoms with Gasteiger partial charge in [0.05, 0.1) is 0 Å². The average Bonchev–Trinajstić information content (AvgIpc) is 2.05. The third kappa shape index (κ3) is 6.26. The second-order valence-corrected chi connectivity index (χ2v) is 4.06. The molecule has 86 valence electrons. The molecule has 15 heavy (non-hydrogen) atoms. The Labute approximate surface area is 86.5 Å². The summed E-state index contributed by atoms with van der Waals surface area (Å²) in [6.45, 7) is 0. The number of benzene rings is 1. The summed E-state index contributed by atoms with van der Waals surface area (Å²) in [5, 5.41) is 0. The molecule has 0 spiro atoms. The lowest BCUT2D eigenvalue weighted by Gasteiger charge is -1.93. The first kappa shape index (κ1) is 14.1. The van der Waals surface area contributed by atoms with Gasteiger partial charge in [-0.2, -0.15) is 8.42 Å². The van der Waals surface area contributed by atoms with Crippen LogP contribution in [0.15, 0.2) is 12.1 Å². The van der Waals surface area contributed by atoms with Crippen molar-refractivity contribution >= 4 is 20.0 Å². The van der Waals surface area contributed by atoms with Crippen LogP contribution >= 0.6 is 10.7 Å². The van der Waals surface area contributed by atoms with Gasteiger partial charge in [0.25, 0.3) is 0 Å². The zero-order valence-corrected chi connectivity index (χ0v) is 8.29. The summed E-state index contributed by atoms with van der Waals surface area (Å²) in [6.07, 6.45) is 0. The Hall–Kier alpha value is -0.860. The lowest BCUT2D eigenvalue weighted by Crippen LogP contribution is -1.93. The molecule has 1 N–H and O–H groups in total. The van der Waals surface area contributed by atoms with Gasteiger partial charge in [-0.05, 0) is 12.1 Å². The lowest BCUT2D eigenvalue weighted by molar-refractivity contribution is 0.409. The summed E-state index contributed by atoms with van der Waals surface area (Å²) >= 11 is 0. The second-order valence-electron chi connectivity index (χ2n) is 2.07. The molecule has 0 bridgehead atoms. The van der Waals surface area contributed by atoms with Gasteiger partial charge in [-0.3, -0.25) is 4.55 Å². The van der Waals surface area contributed by atoms with Crippen molar-refractivity contribution in [2.45, 2.75) is 0 Å². The molecule has 9 heteroatoms. The summed E-state index contributed by atoms with van der Waals surface area (Å²) < 4.78 is 73.1. The van der Waals surface area contributed by atoms with E-state index >= 15 is 0 Å². The minimum Gasteiger partial charge on any atom is -0.273 e. The van der Waals surface area contributed by atoms with Crippen molar-refractivity contribution in [3.63, 3.8) is 0 Å². The molecule has 0 saturated carbocycles. The van der Waals surface area contributed by atoms with Crippen LogP contribution in [0.25, 0.3) is 0 Å². The molecule has 0 fully saturated rings. The van der Waals surface area contributed by atoms with Gasteiger partial charge in [0.2, 0.25) is 0 Å². The van der Waals surface area contributed by atoms with Crippen molar-refractivity contribution in [1.82, 2.24) is 0 Å². The molecule has 1 aromatic rings. The van der Waals surface area contributed by atoms with Gasteiger partial charge in [-0.1, -0.05) is 0 Å². The normalized spacial score (nSPS) is 10.5. The Morgan fingerprint density at radius 3 is 1.40 bits per heavy atom. The predicted molar refractivity (Wildman–Crippen MR) is 43.7 cm³/mol. The Bertz CT molecular complexity index is 413. The quantitative estimate of drug-likeness (QED) is 0.258. The van der Waals surface area contributed by atoms with Crippen molar-refractivity contribution in [1.29, 1.82) is 0 Å². The smallest absolute Gasteiger partial charge is 0.273 e. The van der Waals surface area contributed by atoms with E-state index in [2.05, 4.69) is 10.7 Å². The third-order valence-corrected chi connectivity index (χ3v) is 0.988. The molecule has 0 aliphatic rings. The molecule has 0 saturated heterocycles. The second kappa shape index (κ2) is 5.29. The fraction of sp³-hybridized carbons (Fsp3) is 0. The Morgan fingerprint density at radius 2 is 1.20 bits per heavy atom. The maximum Gasteiger partial charge on any atom is 0.353 e. The molecule has 1 rings (SSSR count). The van der Waals surface area contributed by atoms with Crippen molar-refractivity contribution in [3.05, 3.63) is 35.4 Å². The van der Waals surface area contributed by atoms with Crippen LogP contribution in [0.2, 0.25) is 0 Å². The van der Waals surface area contributed by atoms with Gasteiger partial charge in [0.15, 0.2) is 23.3 Å². The fourth-order valence-electron chi connectivity index (χ4n) is 0.502. The monoisotopic (exact) mass is 266 g/mol. The minimum absolute atomic E-state index is 0.522. The SMILES string of the molecule is Fc1ccc(F)c(F)c1F.O=S(=O)(O)Cl. The van der Waals surface area contributed by atoms with Crippen molar-refractivity contribution in [3.8, 4) is 0 Å². The predicted octanol–water partition coefficient (Wildman–Crippen LogP) is 2.27. The van der Waals surface area contributed by atoms with Crippen LogP contribution < -0.4 is 0 Å². The van der Waals surface area contributed by atoms with Gasteiger partial charge in [-0.15, -0.1) is 0 Å². The minimum atomic E-state index is -4.19. The molecular weight excluding hydrogens is 264 g/mol. The van der Waals surface area contributed by atoms with Gasteiger partial charge in [0, 0.05) is 10.7 Å². The summed E-state index contributed by atoms with van der Waals surface area (Å²) in [4.78, 5) is 0. The lowest BCUT2D eigenvalue weighted by atomic mass is 10.3. The third-order valence-electron chi connectivity index (χ3n) is 0.988. The van der Waals surface area contributed by atoms with Crippen LogP contribution in [-0.2, 0) is 9.33 Å². The van der Waals surface area contributed by atoms with Gasteiger partial charge < -0.3 is 0 Å². The van der Waals surface area contributed by atoms with E-state index in [1.165, 1.54) is 0 Å². The zero-order valence-electron chi connectivity index (χ0n) is 6.72. The standard InChI is InChI=1S/C6H2F4.ClHO3S/c7-3-1-2-4(8)6(10)5(3)9;1-5(2,3)4/h1-2H;(H,2,3,4). The van der Waals surface area contributed by atoms with Crippen LogP contribution in [0.1, 0.15) is 0 Å². The Kier molecular flexibility index (Phi) is 4.98. The Balaban J connectivity index is 0.000000336. The van der Waals surface area contributed by atoms with E-state index in [0.717, 1.165) is 0 Å². The highest BCUT2D eigenvalue weighted by Gasteiger charge is 2.11. The van der Waals surface area contributed by atoms with Crippen molar-refractivity contribution in [2.24, 2.45) is 0 Å². The number of hydrogen-bond donors (Lipinski definition) is 1. The van der Waals surface area contributed by atoms with Gasteiger partial charge in [0.1, 0.15) is 0 Å². The molecule has 0 unspecified atom stereocenters. The number of hydrogen-bond acceptors (Lipinski definition) is 2. The Morgan fingerprint density at radius 1 is 1.00 bits per heavy atom. The van der Waals surface area contributed by atoms with Crippen molar-refractivity contribution < 1.29 is 30.5 Å². The molecular formula is C6H3ClF4O3S. The molecule has 0 aliphatic heterocycles. The first-order valence-corrected chi connectivity index (χ1v) is 5.35. The van der Waals surface area contributed by atoms with E-state index in [9.17, 15) is 17.6 Å². The van der Waals surface area contributed by atoms with Crippen LogP contribution in [0.4, 0.5) is 17.6 Å². The maximum atomic E-state index is 12.0. The molecule has 0 amide bonds. The fourth-order valence-corrected chi connectivity index (χ4v) is 0.502. The van der Waals surface area contributed by atoms with E-state index in [0.29, 0.717) is 12.1 Å². The summed E-state index contributed by atoms with van der Waals surface area (Å²) in [7, 11) is -0.137. The van der Waals surface area contributed by atoms with Crippen LogP contribution in [-0.4, -0.2) is 13.0 Å². The number of halogens is 5. The molecule has 0 heterocycles. The van der Waals surface area contributed by atoms with E-state index in [1.807, 2.05) is 0 Å². The summed E-state index contributed by atoms with van der Waals surface area (Å²) in [5.74, 6) is -6.34. The highest BCUT2D eigenvalue weighted by Crippen LogP contribution is 2.12. The average molecular weight is 267 g/mol. The molecule has 0 atom stereocenters. The highest BCUT2D eigenvalue weighted by atomic mass is 35.7. The highest BCUT2D eigenvalue weighted by molar-refractivity contribution is 8.09. The van der Waals surface area contributed by atoms with Crippen LogP contribution in [0, 0.1) is 23.3 Å². The molecule has 0 aliphatic carbocycles.